The van der Waals surface area contributed by atoms with Crippen molar-refractivity contribution in [3.8, 4) is 0 Å². The lowest BCUT2D eigenvalue weighted by Crippen LogP contribution is -2.53. The van der Waals surface area contributed by atoms with Gasteiger partial charge < -0.3 is 20.4 Å². The minimum atomic E-state index is -0.440. The van der Waals surface area contributed by atoms with E-state index in [2.05, 4.69) is 20.6 Å². The molecule has 0 saturated heterocycles. The second kappa shape index (κ2) is 5.61. The Bertz CT molecular complexity index is 405. The number of rotatable bonds is 4. The number of amides is 1. The molecule has 0 aliphatic heterocycles. The van der Waals surface area contributed by atoms with Crippen LogP contribution in [0.1, 0.15) is 39.4 Å². The summed E-state index contributed by atoms with van der Waals surface area (Å²) in [4.78, 5) is 18.7. The van der Waals surface area contributed by atoms with Crippen LogP contribution in [0, 0.1) is 0 Å². The smallest absolute Gasteiger partial charge is 0.407 e. The predicted molar refractivity (Wildman–Crippen MR) is 71.6 cm³/mol. The molecule has 1 aromatic rings. The molecule has 0 spiro atoms. The molecule has 6 heteroatoms. The van der Waals surface area contributed by atoms with Gasteiger partial charge in [-0.25, -0.2) is 9.78 Å². The minimum absolute atomic E-state index is 0.212. The number of imidazole rings is 1. The van der Waals surface area contributed by atoms with E-state index < -0.39 is 5.60 Å². The highest BCUT2D eigenvalue weighted by Gasteiger charge is 2.31. The first-order chi connectivity index (χ1) is 8.92. The van der Waals surface area contributed by atoms with Gasteiger partial charge in [0.15, 0.2) is 0 Å². The van der Waals surface area contributed by atoms with Crippen LogP contribution in [0.5, 0.6) is 0 Å². The molecule has 0 unspecified atom stereocenters. The maximum absolute atomic E-state index is 11.5. The van der Waals surface area contributed by atoms with Crippen molar-refractivity contribution < 1.29 is 9.53 Å². The first-order valence-corrected chi connectivity index (χ1v) is 6.63. The lowest BCUT2D eigenvalue weighted by Gasteiger charge is -2.36. The van der Waals surface area contributed by atoms with Gasteiger partial charge in [-0.1, -0.05) is 0 Å². The van der Waals surface area contributed by atoms with Gasteiger partial charge >= 0.3 is 6.09 Å². The monoisotopic (exact) mass is 266 g/mol. The molecular weight excluding hydrogens is 244 g/mol. The van der Waals surface area contributed by atoms with Crippen LogP contribution in [0.25, 0.3) is 0 Å². The van der Waals surface area contributed by atoms with Crippen molar-refractivity contribution in [1.29, 1.82) is 0 Å². The van der Waals surface area contributed by atoms with Crippen LogP contribution in [-0.4, -0.2) is 33.7 Å². The van der Waals surface area contributed by atoms with Crippen molar-refractivity contribution >= 4 is 6.09 Å². The molecule has 6 nitrogen and oxygen atoms in total. The summed E-state index contributed by atoms with van der Waals surface area (Å²) in [5.74, 6) is 0.934. The average Bonchev–Trinajstić information content (AvgIpc) is 2.71. The Balaban J connectivity index is 1.60. The summed E-state index contributed by atoms with van der Waals surface area (Å²) < 4.78 is 5.21. The Hall–Kier alpha value is -1.56. The molecule has 1 heterocycles. The molecule has 1 aliphatic rings. The van der Waals surface area contributed by atoms with Gasteiger partial charge in [0, 0.05) is 24.5 Å². The number of nitrogens with zero attached hydrogens (tertiary/aromatic N) is 1. The molecule has 19 heavy (non-hydrogen) atoms. The van der Waals surface area contributed by atoms with E-state index in [0.717, 1.165) is 25.2 Å². The zero-order chi connectivity index (χ0) is 13.9. The quantitative estimate of drug-likeness (QED) is 0.772. The van der Waals surface area contributed by atoms with Crippen molar-refractivity contribution in [3.63, 3.8) is 0 Å². The van der Waals surface area contributed by atoms with E-state index in [4.69, 9.17) is 4.74 Å². The molecule has 0 atom stereocenters. The predicted octanol–water partition coefficient (Wildman–Crippen LogP) is 1.55. The fraction of sp³-hybridized carbons (Fsp3) is 0.692. The molecule has 3 N–H and O–H groups in total. The molecule has 1 amide bonds. The van der Waals surface area contributed by atoms with Crippen molar-refractivity contribution in [2.45, 2.75) is 57.8 Å². The molecule has 1 aromatic heterocycles. The molecule has 2 rings (SSSR count). The van der Waals surface area contributed by atoms with Gasteiger partial charge in [0.25, 0.3) is 0 Å². The highest BCUT2D eigenvalue weighted by atomic mass is 16.6. The van der Waals surface area contributed by atoms with Gasteiger partial charge in [-0.3, -0.25) is 0 Å². The van der Waals surface area contributed by atoms with Crippen LogP contribution in [0.2, 0.25) is 0 Å². The fourth-order valence-electron chi connectivity index (χ4n) is 2.01. The fourth-order valence-corrected chi connectivity index (χ4v) is 2.01. The minimum Gasteiger partial charge on any atom is -0.444 e. The molecule has 106 valence electrons. The number of alkyl carbamates (subject to hydrolysis) is 1. The van der Waals surface area contributed by atoms with Gasteiger partial charge in [0.1, 0.15) is 11.4 Å². The van der Waals surface area contributed by atoms with E-state index in [1.54, 1.807) is 6.20 Å². The van der Waals surface area contributed by atoms with Crippen LogP contribution < -0.4 is 10.6 Å². The van der Waals surface area contributed by atoms with Crippen LogP contribution in [0.4, 0.5) is 4.79 Å². The topological polar surface area (TPSA) is 79.0 Å². The molecule has 1 aliphatic carbocycles. The van der Waals surface area contributed by atoms with E-state index in [0.29, 0.717) is 6.04 Å². The summed E-state index contributed by atoms with van der Waals surface area (Å²) in [6.07, 6.45) is 5.08. The first-order valence-electron chi connectivity index (χ1n) is 6.63. The van der Waals surface area contributed by atoms with Crippen molar-refractivity contribution in [3.05, 3.63) is 18.2 Å². The van der Waals surface area contributed by atoms with Crippen LogP contribution >= 0.6 is 0 Å². The summed E-state index contributed by atoms with van der Waals surface area (Å²) in [5.41, 5.74) is -0.440. The van der Waals surface area contributed by atoms with Crippen molar-refractivity contribution in [2.24, 2.45) is 0 Å². The summed E-state index contributed by atoms with van der Waals surface area (Å²) >= 11 is 0. The van der Waals surface area contributed by atoms with Crippen molar-refractivity contribution in [2.75, 3.05) is 0 Å². The highest BCUT2D eigenvalue weighted by Crippen LogP contribution is 2.20. The SMILES string of the molecule is CC(C)(C)OC(=O)NC1CC(NCc2ncc[nH]2)C1. The van der Waals surface area contributed by atoms with E-state index >= 15 is 0 Å². The maximum Gasteiger partial charge on any atom is 0.407 e. The molecule has 0 bridgehead atoms. The van der Waals surface area contributed by atoms with Crippen molar-refractivity contribution in [1.82, 2.24) is 20.6 Å². The molecular formula is C13H22N4O2. The van der Waals surface area contributed by atoms with Gasteiger partial charge in [0.2, 0.25) is 0 Å². The van der Waals surface area contributed by atoms with E-state index in [1.807, 2.05) is 27.0 Å². The highest BCUT2D eigenvalue weighted by molar-refractivity contribution is 5.68. The summed E-state index contributed by atoms with van der Waals surface area (Å²) in [6, 6.07) is 0.647. The number of hydrogen-bond donors (Lipinski definition) is 3. The number of ether oxygens (including phenoxy) is 1. The molecule has 0 radical (unpaired) electrons. The second-order valence-electron chi connectivity index (χ2n) is 5.93. The summed E-state index contributed by atoms with van der Waals surface area (Å²) in [6.45, 7) is 6.32. The van der Waals surface area contributed by atoms with E-state index in [-0.39, 0.29) is 12.1 Å². The number of aromatic nitrogens is 2. The third-order valence-corrected chi connectivity index (χ3v) is 2.97. The Labute approximate surface area is 113 Å². The number of hydrogen-bond acceptors (Lipinski definition) is 4. The number of H-pyrrole nitrogens is 1. The van der Waals surface area contributed by atoms with Gasteiger partial charge in [-0.15, -0.1) is 0 Å². The Kier molecular flexibility index (Phi) is 4.09. The van der Waals surface area contributed by atoms with Crippen LogP contribution in [0.15, 0.2) is 12.4 Å². The zero-order valence-electron chi connectivity index (χ0n) is 11.7. The summed E-state index contributed by atoms with van der Waals surface area (Å²) in [7, 11) is 0. The second-order valence-corrected chi connectivity index (χ2v) is 5.93. The Morgan fingerprint density at radius 1 is 1.47 bits per heavy atom. The summed E-state index contributed by atoms with van der Waals surface area (Å²) in [5, 5.41) is 6.26. The zero-order valence-corrected chi connectivity index (χ0v) is 11.7. The Morgan fingerprint density at radius 3 is 2.79 bits per heavy atom. The van der Waals surface area contributed by atoms with E-state index in [9.17, 15) is 4.79 Å². The lowest BCUT2D eigenvalue weighted by atomic mass is 9.87. The van der Waals surface area contributed by atoms with Gasteiger partial charge in [-0.2, -0.15) is 0 Å². The molecule has 1 fully saturated rings. The van der Waals surface area contributed by atoms with Crippen LogP contribution in [-0.2, 0) is 11.3 Å². The largest absolute Gasteiger partial charge is 0.444 e. The van der Waals surface area contributed by atoms with Crippen LogP contribution in [0.3, 0.4) is 0 Å². The average molecular weight is 266 g/mol. The third kappa shape index (κ3) is 4.55. The lowest BCUT2D eigenvalue weighted by molar-refractivity contribution is 0.0465. The molecule has 1 saturated carbocycles. The van der Waals surface area contributed by atoms with Gasteiger partial charge in [-0.05, 0) is 33.6 Å². The molecule has 0 aromatic carbocycles. The number of carbonyl (C=O) groups is 1. The van der Waals surface area contributed by atoms with E-state index in [1.165, 1.54) is 0 Å². The standard InChI is InChI=1S/C13H22N4O2/c1-13(2,3)19-12(18)17-10-6-9(7-10)16-8-11-14-4-5-15-11/h4-5,9-10,16H,6-8H2,1-3H3,(H,14,15)(H,17,18). The van der Waals surface area contributed by atoms with Gasteiger partial charge in [0.05, 0.1) is 6.54 Å². The Morgan fingerprint density at radius 2 is 2.21 bits per heavy atom. The number of carbonyl (C=O) groups excluding carboxylic acids is 1. The number of aromatic amines is 1. The first kappa shape index (κ1) is 13.9. The maximum atomic E-state index is 11.5. The third-order valence-electron chi connectivity index (χ3n) is 2.97. The normalized spacial score (nSPS) is 22.7. The number of nitrogens with one attached hydrogen (secondary N) is 3.